The van der Waals surface area contributed by atoms with Gasteiger partial charge >= 0.3 is 0 Å². The molecule has 0 radical (unpaired) electrons. The van der Waals surface area contributed by atoms with Crippen LogP contribution >= 0.6 is 0 Å². The van der Waals surface area contributed by atoms with Gasteiger partial charge in [-0.1, -0.05) is 0 Å². The molecule has 1 aliphatic rings. The lowest BCUT2D eigenvalue weighted by molar-refractivity contribution is -0.0665. The van der Waals surface area contributed by atoms with Crippen LogP contribution in [0, 0.1) is 0 Å². The van der Waals surface area contributed by atoms with E-state index in [4.69, 9.17) is 4.74 Å². The highest BCUT2D eigenvalue weighted by molar-refractivity contribution is 5.12. The Hall–Kier alpha value is -0.250. The molecule has 0 aromatic heterocycles. The van der Waals surface area contributed by atoms with Crippen LogP contribution in [0.3, 0.4) is 0 Å². The second-order valence-electron chi connectivity index (χ2n) is 4.25. The lowest BCUT2D eigenvalue weighted by Crippen LogP contribution is -2.28. The summed E-state index contributed by atoms with van der Waals surface area (Å²) in [4.78, 5) is 0. The summed E-state index contributed by atoms with van der Waals surface area (Å²) >= 11 is 0. The summed E-state index contributed by atoms with van der Waals surface area (Å²) < 4.78 is 42.5. The molecular weight excluding hydrogens is 169 g/mol. The normalized spacial score (nSPS) is 33.5. The first-order valence-electron chi connectivity index (χ1n) is 3.87. The smallest absolute Gasteiger partial charge is 0.287 e. The zero-order valence-corrected chi connectivity index (χ0v) is 7.46. The molecule has 1 nitrogen and oxygen atoms in total. The van der Waals surface area contributed by atoms with Gasteiger partial charge < -0.3 is 4.74 Å². The van der Waals surface area contributed by atoms with E-state index in [9.17, 15) is 13.2 Å². The topological polar surface area (TPSA) is 9.23 Å². The van der Waals surface area contributed by atoms with E-state index < -0.39 is 30.2 Å². The van der Waals surface area contributed by atoms with E-state index in [1.54, 1.807) is 20.8 Å². The molecule has 0 heterocycles. The highest BCUT2D eigenvalue weighted by Gasteiger charge is 2.73. The largest absolute Gasteiger partial charge is 0.372 e. The minimum absolute atomic E-state index is 0.510. The van der Waals surface area contributed by atoms with Crippen molar-refractivity contribution in [2.24, 2.45) is 0 Å². The molecule has 1 rings (SSSR count). The number of halogens is 3. The standard InChI is InChI=1S/C8H13F3O/c1-6(2,3)12-5-7(9)4-8(7,10)11/h4-5H2,1-3H3. The van der Waals surface area contributed by atoms with Crippen molar-refractivity contribution in [2.75, 3.05) is 6.61 Å². The van der Waals surface area contributed by atoms with Gasteiger partial charge in [-0.05, 0) is 20.8 Å². The van der Waals surface area contributed by atoms with Crippen LogP contribution < -0.4 is 0 Å². The molecule has 0 amide bonds. The van der Waals surface area contributed by atoms with Gasteiger partial charge in [0.1, 0.15) is 0 Å². The van der Waals surface area contributed by atoms with Gasteiger partial charge in [-0.25, -0.2) is 13.2 Å². The molecule has 1 fully saturated rings. The van der Waals surface area contributed by atoms with Crippen molar-refractivity contribution < 1.29 is 17.9 Å². The van der Waals surface area contributed by atoms with Gasteiger partial charge in [-0.3, -0.25) is 0 Å². The summed E-state index contributed by atoms with van der Waals surface area (Å²) in [5, 5.41) is 0. The van der Waals surface area contributed by atoms with Crippen LogP contribution in [-0.4, -0.2) is 23.8 Å². The third-order valence-electron chi connectivity index (χ3n) is 1.77. The lowest BCUT2D eigenvalue weighted by Gasteiger charge is -2.20. The highest BCUT2D eigenvalue weighted by atomic mass is 19.3. The number of alkyl halides is 3. The summed E-state index contributed by atoms with van der Waals surface area (Å²) in [6, 6.07) is 0. The Morgan fingerprint density at radius 1 is 1.25 bits per heavy atom. The summed E-state index contributed by atoms with van der Waals surface area (Å²) in [6.45, 7) is 4.61. The quantitative estimate of drug-likeness (QED) is 0.637. The fraction of sp³-hybridized carbons (Fsp3) is 1.00. The Morgan fingerprint density at radius 2 is 1.67 bits per heavy atom. The first-order chi connectivity index (χ1) is 5.16. The van der Waals surface area contributed by atoms with E-state index in [0.717, 1.165) is 0 Å². The molecule has 12 heavy (non-hydrogen) atoms. The van der Waals surface area contributed by atoms with Crippen LogP contribution in [0.25, 0.3) is 0 Å². The van der Waals surface area contributed by atoms with E-state index in [-0.39, 0.29) is 0 Å². The molecule has 1 atom stereocenters. The molecule has 0 aromatic rings. The van der Waals surface area contributed by atoms with Crippen molar-refractivity contribution in [3.8, 4) is 0 Å². The average Bonchev–Trinajstić information content (AvgIpc) is 2.28. The van der Waals surface area contributed by atoms with Gasteiger partial charge in [0.2, 0.25) is 5.67 Å². The number of hydrogen-bond donors (Lipinski definition) is 0. The van der Waals surface area contributed by atoms with Crippen molar-refractivity contribution in [2.45, 2.75) is 44.4 Å². The highest BCUT2D eigenvalue weighted by Crippen LogP contribution is 2.56. The maximum absolute atomic E-state index is 12.9. The maximum Gasteiger partial charge on any atom is 0.287 e. The molecule has 0 bridgehead atoms. The molecule has 4 heteroatoms. The van der Waals surface area contributed by atoms with Gasteiger partial charge in [0.15, 0.2) is 0 Å². The second kappa shape index (κ2) is 2.37. The van der Waals surface area contributed by atoms with E-state index in [2.05, 4.69) is 0 Å². The van der Waals surface area contributed by atoms with Gasteiger partial charge in [-0.15, -0.1) is 0 Å². The maximum atomic E-state index is 12.9. The monoisotopic (exact) mass is 182 g/mol. The van der Waals surface area contributed by atoms with Crippen molar-refractivity contribution in [1.29, 1.82) is 0 Å². The van der Waals surface area contributed by atoms with E-state index >= 15 is 0 Å². The van der Waals surface area contributed by atoms with Gasteiger partial charge in [0, 0.05) is 0 Å². The molecule has 1 unspecified atom stereocenters. The predicted molar refractivity (Wildman–Crippen MR) is 39.1 cm³/mol. The van der Waals surface area contributed by atoms with Crippen LogP contribution in [-0.2, 0) is 4.74 Å². The van der Waals surface area contributed by atoms with Gasteiger partial charge in [0.25, 0.3) is 5.92 Å². The fourth-order valence-electron chi connectivity index (χ4n) is 0.795. The van der Waals surface area contributed by atoms with Crippen molar-refractivity contribution in [3.63, 3.8) is 0 Å². The van der Waals surface area contributed by atoms with Crippen LogP contribution in [0.15, 0.2) is 0 Å². The van der Waals surface area contributed by atoms with Crippen molar-refractivity contribution in [1.82, 2.24) is 0 Å². The van der Waals surface area contributed by atoms with Crippen molar-refractivity contribution in [3.05, 3.63) is 0 Å². The summed E-state index contributed by atoms with van der Waals surface area (Å²) in [5.41, 5.74) is -2.96. The first kappa shape index (κ1) is 9.84. The summed E-state index contributed by atoms with van der Waals surface area (Å²) in [6.07, 6.45) is -0.698. The number of hydrogen-bond acceptors (Lipinski definition) is 1. The third kappa shape index (κ3) is 1.91. The average molecular weight is 182 g/mol. The van der Waals surface area contributed by atoms with E-state index in [1.165, 1.54) is 0 Å². The zero-order chi connectivity index (χ0) is 9.62. The van der Waals surface area contributed by atoms with E-state index in [1.807, 2.05) is 0 Å². The molecule has 0 aromatic carbocycles. The van der Waals surface area contributed by atoms with Gasteiger partial charge in [0.05, 0.1) is 18.6 Å². The summed E-state index contributed by atoms with van der Waals surface area (Å²) in [7, 11) is 0. The van der Waals surface area contributed by atoms with Crippen molar-refractivity contribution >= 4 is 0 Å². The van der Waals surface area contributed by atoms with Crippen LogP contribution in [0.5, 0.6) is 0 Å². The molecular formula is C8H13F3O. The first-order valence-corrected chi connectivity index (χ1v) is 3.87. The molecule has 0 spiro atoms. The minimum atomic E-state index is -3.17. The lowest BCUT2D eigenvalue weighted by atomic mass is 10.2. The second-order valence-corrected chi connectivity index (χ2v) is 4.25. The Bertz CT molecular complexity index is 185. The Kier molecular flexibility index (Phi) is 1.95. The van der Waals surface area contributed by atoms with E-state index in [0.29, 0.717) is 0 Å². The zero-order valence-electron chi connectivity index (χ0n) is 7.46. The number of ether oxygens (including phenoxy) is 1. The third-order valence-corrected chi connectivity index (χ3v) is 1.77. The Labute approximate surface area is 69.9 Å². The minimum Gasteiger partial charge on any atom is -0.372 e. The Balaban J connectivity index is 2.36. The Morgan fingerprint density at radius 3 is 1.92 bits per heavy atom. The molecule has 1 saturated carbocycles. The predicted octanol–water partition coefficient (Wildman–Crippen LogP) is 2.55. The van der Waals surface area contributed by atoms with Crippen LogP contribution in [0.1, 0.15) is 27.2 Å². The molecule has 0 saturated heterocycles. The number of rotatable bonds is 2. The van der Waals surface area contributed by atoms with Gasteiger partial charge in [-0.2, -0.15) is 0 Å². The molecule has 0 N–H and O–H groups in total. The SMILES string of the molecule is CC(C)(C)OCC1(F)CC1(F)F. The molecule has 0 aliphatic heterocycles. The fourth-order valence-corrected chi connectivity index (χ4v) is 0.795. The van der Waals surface area contributed by atoms with Crippen LogP contribution in [0.4, 0.5) is 13.2 Å². The van der Waals surface area contributed by atoms with Crippen LogP contribution in [0.2, 0.25) is 0 Å². The molecule has 72 valence electrons. The molecule has 1 aliphatic carbocycles. The summed E-state index contributed by atoms with van der Waals surface area (Å²) in [5.74, 6) is -3.17.